The lowest BCUT2D eigenvalue weighted by Gasteiger charge is -2.16. The van der Waals surface area contributed by atoms with Crippen molar-refractivity contribution < 1.29 is 4.74 Å². The quantitative estimate of drug-likeness (QED) is 0.834. The van der Waals surface area contributed by atoms with E-state index in [1.54, 1.807) is 7.11 Å². The predicted molar refractivity (Wildman–Crippen MR) is 74.9 cm³/mol. The maximum atomic E-state index is 5.18. The fourth-order valence-corrected chi connectivity index (χ4v) is 2.56. The van der Waals surface area contributed by atoms with Gasteiger partial charge in [0, 0.05) is 13.1 Å². The first kappa shape index (κ1) is 13.4. The third-order valence-corrected chi connectivity index (χ3v) is 3.62. The molecule has 0 bridgehead atoms. The highest BCUT2D eigenvalue weighted by molar-refractivity contribution is 5.27. The minimum atomic E-state index is 0.822. The second kappa shape index (κ2) is 6.76. The first-order chi connectivity index (χ1) is 8.81. The Balaban J connectivity index is 1.79. The largest absolute Gasteiger partial charge is 0.497 e. The molecule has 0 aromatic heterocycles. The van der Waals surface area contributed by atoms with Crippen LogP contribution in [-0.2, 0) is 6.54 Å². The Morgan fingerprint density at radius 1 is 1.33 bits per heavy atom. The molecule has 1 unspecified atom stereocenters. The van der Waals surface area contributed by atoms with Gasteiger partial charge in [0.2, 0.25) is 0 Å². The standard InChI is InChI=1S/C15H24N2O/c1-3-16-10-14-8-9-17(12-14)11-13-4-6-15(18-2)7-5-13/h4-7,14,16H,3,8-12H2,1-2H3. The van der Waals surface area contributed by atoms with Crippen LogP contribution in [0, 0.1) is 5.92 Å². The van der Waals surface area contributed by atoms with Crippen LogP contribution in [0.3, 0.4) is 0 Å². The molecular weight excluding hydrogens is 224 g/mol. The summed E-state index contributed by atoms with van der Waals surface area (Å²) in [6, 6.07) is 8.41. The fraction of sp³-hybridized carbons (Fsp3) is 0.600. The molecule has 0 saturated carbocycles. The minimum Gasteiger partial charge on any atom is -0.497 e. The monoisotopic (exact) mass is 248 g/mol. The highest BCUT2D eigenvalue weighted by Gasteiger charge is 2.21. The van der Waals surface area contributed by atoms with Gasteiger partial charge in [0.1, 0.15) is 5.75 Å². The number of hydrogen-bond donors (Lipinski definition) is 1. The lowest BCUT2D eigenvalue weighted by molar-refractivity contribution is 0.314. The number of hydrogen-bond acceptors (Lipinski definition) is 3. The zero-order chi connectivity index (χ0) is 12.8. The molecule has 0 amide bonds. The van der Waals surface area contributed by atoms with E-state index in [1.807, 2.05) is 12.1 Å². The van der Waals surface area contributed by atoms with Crippen molar-refractivity contribution in [3.8, 4) is 5.75 Å². The first-order valence-corrected chi connectivity index (χ1v) is 6.87. The van der Waals surface area contributed by atoms with Crippen molar-refractivity contribution in [2.75, 3.05) is 33.3 Å². The molecular formula is C15H24N2O. The van der Waals surface area contributed by atoms with Crippen molar-refractivity contribution >= 4 is 0 Å². The minimum absolute atomic E-state index is 0.822. The van der Waals surface area contributed by atoms with Gasteiger partial charge in [-0.05, 0) is 49.7 Å². The summed E-state index contributed by atoms with van der Waals surface area (Å²) in [7, 11) is 1.71. The van der Waals surface area contributed by atoms with Gasteiger partial charge >= 0.3 is 0 Å². The average molecular weight is 248 g/mol. The number of methoxy groups -OCH3 is 1. The average Bonchev–Trinajstić information content (AvgIpc) is 2.85. The molecule has 18 heavy (non-hydrogen) atoms. The van der Waals surface area contributed by atoms with Crippen molar-refractivity contribution in [2.24, 2.45) is 5.92 Å². The van der Waals surface area contributed by atoms with Gasteiger partial charge in [-0.15, -0.1) is 0 Å². The van der Waals surface area contributed by atoms with Crippen molar-refractivity contribution in [1.82, 2.24) is 10.2 Å². The molecule has 1 saturated heterocycles. The molecule has 0 radical (unpaired) electrons. The summed E-state index contributed by atoms with van der Waals surface area (Å²) >= 11 is 0. The van der Waals surface area contributed by atoms with E-state index in [4.69, 9.17) is 4.74 Å². The van der Waals surface area contributed by atoms with Crippen molar-refractivity contribution in [3.63, 3.8) is 0 Å². The third kappa shape index (κ3) is 3.72. The van der Waals surface area contributed by atoms with Crippen LogP contribution in [0.15, 0.2) is 24.3 Å². The number of nitrogens with zero attached hydrogens (tertiary/aromatic N) is 1. The van der Waals surface area contributed by atoms with Crippen LogP contribution in [-0.4, -0.2) is 38.2 Å². The molecule has 2 rings (SSSR count). The molecule has 1 atom stereocenters. The van der Waals surface area contributed by atoms with Crippen LogP contribution in [0.1, 0.15) is 18.9 Å². The Morgan fingerprint density at radius 2 is 2.11 bits per heavy atom. The lowest BCUT2D eigenvalue weighted by Crippen LogP contribution is -2.26. The van der Waals surface area contributed by atoms with Crippen molar-refractivity contribution in [1.29, 1.82) is 0 Å². The van der Waals surface area contributed by atoms with E-state index in [0.29, 0.717) is 0 Å². The number of likely N-dealkylation sites (tertiary alicyclic amines) is 1. The second-order valence-corrected chi connectivity index (χ2v) is 5.05. The van der Waals surface area contributed by atoms with Gasteiger partial charge in [-0.25, -0.2) is 0 Å². The van der Waals surface area contributed by atoms with Gasteiger partial charge in [0.05, 0.1) is 7.11 Å². The molecule has 1 aliphatic rings. The normalized spacial score (nSPS) is 20.2. The third-order valence-electron chi connectivity index (χ3n) is 3.62. The molecule has 1 fully saturated rings. The van der Waals surface area contributed by atoms with E-state index in [1.165, 1.54) is 25.1 Å². The molecule has 0 aliphatic carbocycles. The zero-order valence-corrected chi connectivity index (χ0v) is 11.5. The molecule has 1 heterocycles. The van der Waals surface area contributed by atoms with E-state index < -0.39 is 0 Å². The molecule has 1 aromatic rings. The topological polar surface area (TPSA) is 24.5 Å². The second-order valence-electron chi connectivity index (χ2n) is 5.05. The van der Waals surface area contributed by atoms with E-state index in [0.717, 1.165) is 31.3 Å². The Kier molecular flexibility index (Phi) is 5.02. The van der Waals surface area contributed by atoms with E-state index >= 15 is 0 Å². The number of nitrogens with one attached hydrogen (secondary N) is 1. The van der Waals surface area contributed by atoms with Crippen LogP contribution in [0.5, 0.6) is 5.75 Å². The Hall–Kier alpha value is -1.06. The molecule has 3 heteroatoms. The zero-order valence-electron chi connectivity index (χ0n) is 11.5. The molecule has 3 nitrogen and oxygen atoms in total. The highest BCUT2D eigenvalue weighted by Crippen LogP contribution is 2.19. The predicted octanol–water partition coefficient (Wildman–Crippen LogP) is 2.13. The molecule has 1 N–H and O–H groups in total. The van der Waals surface area contributed by atoms with Crippen molar-refractivity contribution in [3.05, 3.63) is 29.8 Å². The van der Waals surface area contributed by atoms with Gasteiger partial charge in [-0.2, -0.15) is 0 Å². The molecule has 1 aliphatic heterocycles. The van der Waals surface area contributed by atoms with E-state index in [9.17, 15) is 0 Å². The van der Waals surface area contributed by atoms with Crippen LogP contribution >= 0.6 is 0 Å². The van der Waals surface area contributed by atoms with Gasteiger partial charge < -0.3 is 10.1 Å². The summed E-state index contributed by atoms with van der Waals surface area (Å²) in [5.74, 6) is 1.76. The maximum Gasteiger partial charge on any atom is 0.118 e. The number of ether oxygens (including phenoxy) is 1. The smallest absolute Gasteiger partial charge is 0.118 e. The molecule has 100 valence electrons. The van der Waals surface area contributed by atoms with Gasteiger partial charge in [-0.1, -0.05) is 19.1 Å². The summed E-state index contributed by atoms with van der Waals surface area (Å²) in [5.41, 5.74) is 1.37. The van der Waals surface area contributed by atoms with Gasteiger partial charge in [-0.3, -0.25) is 4.90 Å². The molecule has 0 spiro atoms. The van der Waals surface area contributed by atoms with Crippen molar-refractivity contribution in [2.45, 2.75) is 19.9 Å². The van der Waals surface area contributed by atoms with Crippen LogP contribution in [0.25, 0.3) is 0 Å². The Morgan fingerprint density at radius 3 is 2.78 bits per heavy atom. The van der Waals surface area contributed by atoms with E-state index in [-0.39, 0.29) is 0 Å². The Labute approximate surface area is 110 Å². The molecule has 1 aromatic carbocycles. The Bertz CT molecular complexity index is 350. The maximum absolute atomic E-state index is 5.18. The highest BCUT2D eigenvalue weighted by atomic mass is 16.5. The summed E-state index contributed by atoms with van der Waals surface area (Å²) < 4.78 is 5.18. The summed E-state index contributed by atoms with van der Waals surface area (Å²) in [4.78, 5) is 2.55. The van der Waals surface area contributed by atoms with E-state index in [2.05, 4.69) is 29.3 Å². The first-order valence-electron chi connectivity index (χ1n) is 6.87. The van der Waals surface area contributed by atoms with Gasteiger partial charge in [0.15, 0.2) is 0 Å². The summed E-state index contributed by atoms with van der Waals surface area (Å²) in [6.45, 7) is 7.92. The summed E-state index contributed by atoms with van der Waals surface area (Å²) in [6.07, 6.45) is 1.32. The van der Waals surface area contributed by atoms with Crippen LogP contribution in [0.2, 0.25) is 0 Å². The SMILES string of the molecule is CCNCC1CCN(Cc2ccc(OC)cc2)C1. The lowest BCUT2D eigenvalue weighted by atomic mass is 10.1. The number of benzene rings is 1. The van der Waals surface area contributed by atoms with Crippen LogP contribution in [0.4, 0.5) is 0 Å². The fourth-order valence-electron chi connectivity index (χ4n) is 2.56. The number of rotatable bonds is 6. The summed E-state index contributed by atoms with van der Waals surface area (Å²) in [5, 5.41) is 3.45. The van der Waals surface area contributed by atoms with Gasteiger partial charge in [0.25, 0.3) is 0 Å². The van der Waals surface area contributed by atoms with Crippen LogP contribution < -0.4 is 10.1 Å².